The lowest BCUT2D eigenvalue weighted by Gasteiger charge is -2.03. The standard InChI is InChI=1S/C21H20N2O5S2/c1-4-11-23-17-10-9-15(20(25)28-5-2)13-18(17)29-21(23)22-19(24)14-7-6-8-16(12-14)30(3,26)27/h4,6-10,12-13H,1,5,11H2,2-3H3. The fourth-order valence-electron chi connectivity index (χ4n) is 2.82. The van der Waals surface area contributed by atoms with Crippen LogP contribution in [-0.4, -0.2) is 37.7 Å². The molecule has 2 aromatic carbocycles. The van der Waals surface area contributed by atoms with Gasteiger partial charge in [-0.3, -0.25) is 4.79 Å². The van der Waals surface area contributed by atoms with Gasteiger partial charge in [-0.05, 0) is 43.3 Å². The molecule has 0 unspecified atom stereocenters. The van der Waals surface area contributed by atoms with Crippen molar-refractivity contribution in [3.63, 3.8) is 0 Å². The van der Waals surface area contributed by atoms with E-state index in [1.165, 1.54) is 35.6 Å². The summed E-state index contributed by atoms with van der Waals surface area (Å²) in [4.78, 5) is 29.4. The van der Waals surface area contributed by atoms with E-state index in [0.717, 1.165) is 16.5 Å². The number of sulfone groups is 1. The number of thiazole rings is 1. The second-order valence-electron chi connectivity index (χ2n) is 6.40. The summed E-state index contributed by atoms with van der Waals surface area (Å²) < 4.78 is 31.1. The fraction of sp³-hybridized carbons (Fsp3) is 0.190. The molecule has 0 fully saturated rings. The molecular formula is C21H20N2O5S2. The molecule has 1 heterocycles. The van der Waals surface area contributed by atoms with Gasteiger partial charge in [0.25, 0.3) is 5.91 Å². The van der Waals surface area contributed by atoms with Crippen LogP contribution in [-0.2, 0) is 21.1 Å². The van der Waals surface area contributed by atoms with Gasteiger partial charge in [-0.2, -0.15) is 4.99 Å². The van der Waals surface area contributed by atoms with Crippen molar-refractivity contribution in [2.75, 3.05) is 12.9 Å². The third-order valence-electron chi connectivity index (χ3n) is 4.21. The van der Waals surface area contributed by atoms with E-state index in [0.29, 0.717) is 16.9 Å². The molecule has 0 atom stereocenters. The number of nitrogens with zero attached hydrogens (tertiary/aromatic N) is 2. The van der Waals surface area contributed by atoms with Gasteiger partial charge in [0.2, 0.25) is 0 Å². The number of carbonyl (C=O) groups is 2. The van der Waals surface area contributed by atoms with E-state index >= 15 is 0 Å². The molecule has 0 spiro atoms. The van der Waals surface area contributed by atoms with Crippen molar-refractivity contribution in [3.8, 4) is 0 Å². The molecule has 0 N–H and O–H groups in total. The Labute approximate surface area is 177 Å². The highest BCUT2D eigenvalue weighted by molar-refractivity contribution is 7.90. The molecule has 0 saturated carbocycles. The SMILES string of the molecule is C=CCn1c(=NC(=O)c2cccc(S(C)(=O)=O)c2)sc2cc(C(=O)OCC)ccc21. The number of ether oxygens (including phenoxy) is 1. The van der Waals surface area contributed by atoms with Crippen LogP contribution < -0.4 is 4.80 Å². The van der Waals surface area contributed by atoms with Crippen molar-refractivity contribution >= 4 is 43.3 Å². The highest BCUT2D eigenvalue weighted by Crippen LogP contribution is 2.20. The molecule has 3 rings (SSSR count). The van der Waals surface area contributed by atoms with E-state index in [4.69, 9.17) is 4.74 Å². The molecule has 9 heteroatoms. The van der Waals surface area contributed by atoms with Crippen LogP contribution >= 0.6 is 11.3 Å². The zero-order valence-corrected chi connectivity index (χ0v) is 18.1. The molecule has 3 aromatic rings. The summed E-state index contributed by atoms with van der Waals surface area (Å²) >= 11 is 1.25. The molecule has 0 aliphatic heterocycles. The van der Waals surface area contributed by atoms with E-state index < -0.39 is 21.7 Å². The lowest BCUT2D eigenvalue weighted by atomic mass is 10.2. The Bertz CT molecular complexity index is 1320. The normalized spacial score (nSPS) is 12.1. The maximum absolute atomic E-state index is 12.7. The Morgan fingerprint density at radius 2 is 1.97 bits per heavy atom. The summed E-state index contributed by atoms with van der Waals surface area (Å²) in [5, 5.41) is 0. The first-order chi connectivity index (χ1) is 14.2. The number of esters is 1. The molecule has 0 aliphatic rings. The van der Waals surface area contributed by atoms with Crippen LogP contribution in [0.1, 0.15) is 27.6 Å². The minimum atomic E-state index is -3.44. The van der Waals surface area contributed by atoms with E-state index in [-0.39, 0.29) is 17.1 Å². The molecule has 0 radical (unpaired) electrons. The number of hydrogen-bond acceptors (Lipinski definition) is 6. The Kier molecular flexibility index (Phi) is 6.33. The quantitative estimate of drug-likeness (QED) is 0.430. The van der Waals surface area contributed by atoms with Gasteiger partial charge in [-0.25, -0.2) is 13.2 Å². The number of rotatable bonds is 6. The highest BCUT2D eigenvalue weighted by atomic mass is 32.2. The average molecular weight is 445 g/mol. The van der Waals surface area contributed by atoms with Crippen molar-refractivity contribution < 1.29 is 22.7 Å². The molecule has 0 aliphatic carbocycles. The van der Waals surface area contributed by atoms with Crippen LogP contribution in [0.4, 0.5) is 0 Å². The average Bonchev–Trinajstić information content (AvgIpc) is 3.04. The van der Waals surface area contributed by atoms with Crippen molar-refractivity contribution in [3.05, 3.63) is 71.0 Å². The smallest absolute Gasteiger partial charge is 0.338 e. The third-order valence-corrected chi connectivity index (χ3v) is 6.36. The van der Waals surface area contributed by atoms with Crippen molar-refractivity contribution in [2.24, 2.45) is 4.99 Å². The molecular weight excluding hydrogens is 424 g/mol. The monoisotopic (exact) mass is 444 g/mol. The van der Waals surface area contributed by atoms with Crippen molar-refractivity contribution in [2.45, 2.75) is 18.4 Å². The summed E-state index contributed by atoms with van der Waals surface area (Å²) in [5.41, 5.74) is 1.38. The van der Waals surface area contributed by atoms with E-state index in [2.05, 4.69) is 11.6 Å². The summed E-state index contributed by atoms with van der Waals surface area (Å²) in [6.07, 6.45) is 2.76. The number of amides is 1. The summed E-state index contributed by atoms with van der Waals surface area (Å²) in [5.74, 6) is -0.981. The molecule has 1 aromatic heterocycles. The largest absolute Gasteiger partial charge is 0.462 e. The van der Waals surface area contributed by atoms with Crippen LogP contribution in [0.25, 0.3) is 10.2 Å². The number of carbonyl (C=O) groups excluding carboxylic acids is 2. The Balaban J connectivity index is 2.11. The van der Waals surface area contributed by atoms with E-state index in [1.54, 1.807) is 35.8 Å². The number of fused-ring (bicyclic) bond motifs is 1. The number of benzene rings is 2. The van der Waals surface area contributed by atoms with Gasteiger partial charge in [0.15, 0.2) is 14.6 Å². The van der Waals surface area contributed by atoms with Gasteiger partial charge in [0.05, 0.1) is 27.3 Å². The molecule has 1 amide bonds. The van der Waals surface area contributed by atoms with E-state index in [1.807, 2.05) is 0 Å². The Morgan fingerprint density at radius 3 is 2.63 bits per heavy atom. The van der Waals surface area contributed by atoms with Gasteiger partial charge in [-0.15, -0.1) is 6.58 Å². The van der Waals surface area contributed by atoms with Crippen LogP contribution in [0.15, 0.2) is 65.0 Å². The number of aromatic nitrogens is 1. The van der Waals surface area contributed by atoms with Gasteiger partial charge in [0, 0.05) is 18.4 Å². The van der Waals surface area contributed by atoms with Gasteiger partial charge in [0.1, 0.15) is 0 Å². The predicted octanol–water partition coefficient (Wildman–Crippen LogP) is 3.21. The second kappa shape index (κ2) is 8.76. The first-order valence-electron chi connectivity index (χ1n) is 9.05. The highest BCUT2D eigenvalue weighted by Gasteiger charge is 2.14. The molecule has 0 saturated heterocycles. The second-order valence-corrected chi connectivity index (χ2v) is 9.43. The summed E-state index contributed by atoms with van der Waals surface area (Å²) in [7, 11) is -3.44. The van der Waals surface area contributed by atoms with Gasteiger partial charge >= 0.3 is 5.97 Å². The van der Waals surface area contributed by atoms with Crippen LogP contribution in [0.5, 0.6) is 0 Å². The Hall–Kier alpha value is -3.04. The molecule has 0 bridgehead atoms. The third kappa shape index (κ3) is 4.58. The number of allylic oxidation sites excluding steroid dienone is 1. The first-order valence-corrected chi connectivity index (χ1v) is 11.8. The maximum atomic E-state index is 12.7. The number of hydrogen-bond donors (Lipinski definition) is 0. The van der Waals surface area contributed by atoms with Crippen molar-refractivity contribution in [1.82, 2.24) is 4.57 Å². The van der Waals surface area contributed by atoms with Gasteiger partial charge in [-0.1, -0.05) is 23.5 Å². The summed E-state index contributed by atoms with van der Waals surface area (Å²) in [6.45, 7) is 6.17. The fourth-order valence-corrected chi connectivity index (χ4v) is 4.56. The summed E-state index contributed by atoms with van der Waals surface area (Å²) in [6, 6.07) is 10.9. The minimum Gasteiger partial charge on any atom is -0.462 e. The van der Waals surface area contributed by atoms with Crippen molar-refractivity contribution in [1.29, 1.82) is 0 Å². The van der Waals surface area contributed by atoms with Gasteiger partial charge < -0.3 is 9.30 Å². The lowest BCUT2D eigenvalue weighted by Crippen LogP contribution is -2.16. The minimum absolute atomic E-state index is 0.0536. The lowest BCUT2D eigenvalue weighted by molar-refractivity contribution is 0.0526. The first kappa shape index (κ1) is 21.7. The molecule has 7 nitrogen and oxygen atoms in total. The van der Waals surface area contributed by atoms with E-state index in [9.17, 15) is 18.0 Å². The van der Waals surface area contributed by atoms with Crippen LogP contribution in [0, 0.1) is 0 Å². The Morgan fingerprint density at radius 1 is 1.20 bits per heavy atom. The maximum Gasteiger partial charge on any atom is 0.338 e. The molecule has 30 heavy (non-hydrogen) atoms. The topological polar surface area (TPSA) is 94.8 Å². The zero-order valence-electron chi connectivity index (χ0n) is 16.5. The predicted molar refractivity (Wildman–Crippen MR) is 115 cm³/mol. The van der Waals surface area contributed by atoms with Crippen LogP contribution in [0.2, 0.25) is 0 Å². The zero-order chi connectivity index (χ0) is 21.9. The van der Waals surface area contributed by atoms with Crippen LogP contribution in [0.3, 0.4) is 0 Å². The molecule has 156 valence electrons.